The number of hydrogen-bond donors (Lipinski definition) is 2. The second kappa shape index (κ2) is 5.01. The number of nitrogens with two attached hydrogens (primary N) is 2. The Bertz CT molecular complexity index is 107. The lowest BCUT2D eigenvalue weighted by atomic mass is 10.4. The predicted octanol–water partition coefficient (Wildman–Crippen LogP) is -0.945. The van der Waals surface area contributed by atoms with Gasteiger partial charge in [0.1, 0.15) is 6.61 Å². The molecule has 0 spiro atoms. The summed E-state index contributed by atoms with van der Waals surface area (Å²) in [6.07, 6.45) is -0.813. The van der Waals surface area contributed by atoms with Gasteiger partial charge in [-0.05, 0) is 0 Å². The van der Waals surface area contributed by atoms with Gasteiger partial charge in [0.15, 0.2) is 0 Å². The topological polar surface area (TPSA) is 87.6 Å². The summed E-state index contributed by atoms with van der Waals surface area (Å²) in [4.78, 5) is 10.0. The van der Waals surface area contributed by atoms with Crippen molar-refractivity contribution in [2.24, 2.45) is 11.5 Å². The molecular weight excluding hydrogens is 136 g/mol. The number of rotatable bonds is 4. The molecule has 5 heteroatoms. The van der Waals surface area contributed by atoms with E-state index in [2.05, 4.69) is 15.2 Å². The molecule has 0 aromatic heterocycles. The zero-order valence-electron chi connectivity index (χ0n) is 5.87. The van der Waals surface area contributed by atoms with Gasteiger partial charge >= 0.3 is 6.09 Å². The highest BCUT2D eigenvalue weighted by atomic mass is 16.5. The first-order valence-electron chi connectivity index (χ1n) is 2.83. The van der Waals surface area contributed by atoms with Crippen LogP contribution in [0, 0.1) is 0 Å². The fraction of sp³-hybridized carbons (Fsp3) is 0.800. The van der Waals surface area contributed by atoms with Gasteiger partial charge in [-0.25, -0.2) is 4.79 Å². The minimum atomic E-state index is -0.813. The summed E-state index contributed by atoms with van der Waals surface area (Å²) in [6.45, 7) is 0.455. The number of primary amides is 1. The largest absolute Gasteiger partial charge is 0.448 e. The van der Waals surface area contributed by atoms with Crippen LogP contribution in [0.15, 0.2) is 0 Å². The van der Waals surface area contributed by atoms with Crippen molar-refractivity contribution in [2.45, 2.75) is 6.04 Å². The fourth-order valence-corrected chi connectivity index (χ4v) is 0.451. The van der Waals surface area contributed by atoms with Gasteiger partial charge in [-0.2, -0.15) is 0 Å². The quantitative estimate of drug-likeness (QED) is 0.538. The van der Waals surface area contributed by atoms with Crippen LogP contribution in [0.1, 0.15) is 0 Å². The lowest BCUT2D eigenvalue weighted by Crippen LogP contribution is -2.33. The molecule has 0 aliphatic rings. The number of methoxy groups -OCH3 is 1. The van der Waals surface area contributed by atoms with E-state index >= 15 is 0 Å². The summed E-state index contributed by atoms with van der Waals surface area (Å²) in [5.74, 6) is 0. The molecule has 0 heterocycles. The molecule has 0 fully saturated rings. The van der Waals surface area contributed by atoms with Crippen LogP contribution < -0.4 is 11.5 Å². The zero-order chi connectivity index (χ0) is 7.98. The third-order valence-electron chi connectivity index (χ3n) is 0.820. The molecule has 0 aliphatic heterocycles. The lowest BCUT2D eigenvalue weighted by Gasteiger charge is -2.08. The third-order valence-corrected chi connectivity index (χ3v) is 0.820. The number of amides is 1. The molecule has 0 saturated heterocycles. The van der Waals surface area contributed by atoms with E-state index in [1.54, 1.807) is 0 Å². The Morgan fingerprint density at radius 3 is 2.60 bits per heavy atom. The smallest absolute Gasteiger partial charge is 0.404 e. The molecule has 1 atom stereocenters. The van der Waals surface area contributed by atoms with E-state index in [4.69, 9.17) is 5.73 Å². The summed E-state index contributed by atoms with van der Waals surface area (Å²) in [5.41, 5.74) is 10.1. The molecular formula is C5H12N2O3. The van der Waals surface area contributed by atoms with Gasteiger partial charge < -0.3 is 20.9 Å². The maximum Gasteiger partial charge on any atom is 0.404 e. The van der Waals surface area contributed by atoms with Gasteiger partial charge in [-0.3, -0.25) is 0 Å². The summed E-state index contributed by atoms with van der Waals surface area (Å²) >= 11 is 0. The average molecular weight is 148 g/mol. The zero-order valence-corrected chi connectivity index (χ0v) is 5.87. The van der Waals surface area contributed by atoms with E-state index in [0.717, 1.165) is 0 Å². The highest BCUT2D eigenvalue weighted by Gasteiger charge is 2.02. The van der Waals surface area contributed by atoms with Crippen LogP contribution in [-0.2, 0) is 9.47 Å². The molecule has 10 heavy (non-hydrogen) atoms. The summed E-state index contributed by atoms with van der Waals surface area (Å²) in [5, 5.41) is 0. The highest BCUT2D eigenvalue weighted by molar-refractivity contribution is 5.64. The van der Waals surface area contributed by atoms with Gasteiger partial charge in [0.2, 0.25) is 0 Å². The van der Waals surface area contributed by atoms with Crippen molar-refractivity contribution in [1.29, 1.82) is 0 Å². The molecule has 5 nitrogen and oxygen atoms in total. The Hall–Kier alpha value is -0.810. The molecule has 0 bridgehead atoms. The van der Waals surface area contributed by atoms with Crippen LogP contribution in [0.2, 0.25) is 0 Å². The van der Waals surface area contributed by atoms with E-state index in [1.807, 2.05) is 0 Å². The average Bonchev–Trinajstić information content (AvgIpc) is 1.85. The second-order valence-electron chi connectivity index (χ2n) is 1.85. The maximum atomic E-state index is 10.0. The standard InChI is InChI=1S/C5H12N2O3/c1-9-2-4(6)3-10-5(7)8/h4H,2-3,6H2,1H3,(H2,7,8). The fourth-order valence-electron chi connectivity index (χ4n) is 0.451. The number of carbonyl (C=O) groups excluding carboxylic acids is 1. The number of ether oxygens (including phenoxy) is 2. The molecule has 60 valence electrons. The van der Waals surface area contributed by atoms with Crippen LogP contribution >= 0.6 is 0 Å². The van der Waals surface area contributed by atoms with Crippen LogP contribution in [0.5, 0.6) is 0 Å². The van der Waals surface area contributed by atoms with Gasteiger partial charge in [-0.1, -0.05) is 0 Å². The minimum Gasteiger partial charge on any atom is -0.448 e. The van der Waals surface area contributed by atoms with Crippen molar-refractivity contribution >= 4 is 6.09 Å². The lowest BCUT2D eigenvalue weighted by molar-refractivity contribution is 0.117. The van der Waals surface area contributed by atoms with Gasteiger partial charge in [0, 0.05) is 7.11 Å². The first-order chi connectivity index (χ1) is 4.66. The van der Waals surface area contributed by atoms with Crippen LogP contribution in [0.4, 0.5) is 4.79 Å². The first kappa shape index (κ1) is 9.19. The highest BCUT2D eigenvalue weighted by Crippen LogP contribution is 1.81. The van der Waals surface area contributed by atoms with Gasteiger partial charge in [-0.15, -0.1) is 0 Å². The Kier molecular flexibility index (Phi) is 4.61. The Morgan fingerprint density at radius 2 is 2.20 bits per heavy atom. The SMILES string of the molecule is COCC(N)COC(N)=O. The number of carbonyl (C=O) groups is 1. The Morgan fingerprint density at radius 1 is 1.60 bits per heavy atom. The summed E-state index contributed by atoms with van der Waals surface area (Å²) in [7, 11) is 1.52. The molecule has 0 aromatic carbocycles. The molecule has 0 radical (unpaired) electrons. The third kappa shape index (κ3) is 5.33. The van der Waals surface area contributed by atoms with Crippen molar-refractivity contribution in [2.75, 3.05) is 20.3 Å². The molecule has 1 unspecified atom stereocenters. The normalized spacial score (nSPS) is 12.6. The summed E-state index contributed by atoms with van der Waals surface area (Å²) < 4.78 is 9.07. The minimum absolute atomic E-state index is 0.100. The monoisotopic (exact) mass is 148 g/mol. The summed E-state index contributed by atoms with van der Waals surface area (Å²) in [6, 6.07) is -0.294. The van der Waals surface area contributed by atoms with E-state index in [-0.39, 0.29) is 12.6 Å². The van der Waals surface area contributed by atoms with Crippen molar-refractivity contribution in [3.8, 4) is 0 Å². The Balaban J connectivity index is 3.21. The second-order valence-corrected chi connectivity index (χ2v) is 1.85. The van der Waals surface area contributed by atoms with E-state index in [1.165, 1.54) is 7.11 Å². The molecule has 1 amide bonds. The molecule has 4 N–H and O–H groups in total. The van der Waals surface area contributed by atoms with Crippen molar-refractivity contribution < 1.29 is 14.3 Å². The van der Waals surface area contributed by atoms with Crippen LogP contribution in [0.25, 0.3) is 0 Å². The molecule has 0 saturated carbocycles. The molecule has 0 rings (SSSR count). The predicted molar refractivity (Wildman–Crippen MR) is 35.4 cm³/mol. The van der Waals surface area contributed by atoms with Crippen LogP contribution in [-0.4, -0.2) is 32.5 Å². The van der Waals surface area contributed by atoms with Crippen LogP contribution in [0.3, 0.4) is 0 Å². The molecule has 0 aromatic rings. The Labute approximate surface area is 59.3 Å². The van der Waals surface area contributed by atoms with E-state index in [0.29, 0.717) is 6.61 Å². The van der Waals surface area contributed by atoms with Crippen molar-refractivity contribution in [3.63, 3.8) is 0 Å². The van der Waals surface area contributed by atoms with Gasteiger partial charge in [0.05, 0.1) is 12.6 Å². The number of hydrogen-bond acceptors (Lipinski definition) is 4. The first-order valence-corrected chi connectivity index (χ1v) is 2.83. The van der Waals surface area contributed by atoms with E-state index < -0.39 is 6.09 Å². The van der Waals surface area contributed by atoms with E-state index in [9.17, 15) is 4.79 Å². The van der Waals surface area contributed by atoms with Crippen molar-refractivity contribution in [3.05, 3.63) is 0 Å². The van der Waals surface area contributed by atoms with Crippen molar-refractivity contribution in [1.82, 2.24) is 0 Å². The molecule has 0 aliphatic carbocycles. The van der Waals surface area contributed by atoms with Gasteiger partial charge in [0.25, 0.3) is 0 Å². The maximum absolute atomic E-state index is 10.0.